The van der Waals surface area contributed by atoms with Gasteiger partial charge in [0.2, 0.25) is 11.6 Å². The van der Waals surface area contributed by atoms with E-state index in [0.717, 1.165) is 0 Å². The van der Waals surface area contributed by atoms with Crippen molar-refractivity contribution < 1.29 is 34.8 Å². The molecule has 34 heavy (non-hydrogen) atoms. The lowest BCUT2D eigenvalue weighted by Crippen LogP contribution is -2.75. The molecule has 3 aliphatic rings. The number of ketones is 2. The lowest BCUT2D eigenvalue weighted by molar-refractivity contribution is -0.168. The molecule has 0 unspecified atom stereocenters. The van der Waals surface area contributed by atoms with E-state index >= 15 is 0 Å². The molecular weight excluding hydrogens is 444 g/mol. The number of benzene rings is 1. The smallest absolute Gasteiger partial charge is 0.256 e. The second kappa shape index (κ2) is 7.29. The summed E-state index contributed by atoms with van der Waals surface area (Å²) in [6.45, 7) is 0. The number of carbonyl (C=O) groups is 3. The van der Waals surface area contributed by atoms with Crippen LogP contribution in [0.15, 0.2) is 29.0 Å². The van der Waals surface area contributed by atoms with E-state index in [-0.39, 0.29) is 29.7 Å². The Balaban J connectivity index is 2.01. The third-order valence-electron chi connectivity index (χ3n) is 7.42. The van der Waals surface area contributed by atoms with E-state index in [1.54, 1.807) is 25.1 Å². The molecule has 0 aromatic heterocycles. The molecule has 182 valence electrons. The number of amides is 1. The van der Waals surface area contributed by atoms with E-state index in [2.05, 4.69) is 0 Å². The van der Waals surface area contributed by atoms with Crippen LogP contribution >= 0.6 is 0 Å². The number of carbonyl (C=O) groups excluding carboxylic acids is 3. The molecule has 1 amide bonds. The van der Waals surface area contributed by atoms with Crippen LogP contribution in [0.4, 0.5) is 5.69 Å². The van der Waals surface area contributed by atoms with Crippen LogP contribution in [0.3, 0.4) is 0 Å². The van der Waals surface area contributed by atoms with Gasteiger partial charge in [0.05, 0.1) is 5.56 Å². The van der Waals surface area contributed by atoms with Gasteiger partial charge in [0.25, 0.3) is 5.91 Å². The minimum Gasteiger partial charge on any atom is -0.508 e. The first-order valence-corrected chi connectivity index (χ1v) is 10.7. The van der Waals surface area contributed by atoms with Gasteiger partial charge in [-0.3, -0.25) is 19.3 Å². The summed E-state index contributed by atoms with van der Waals surface area (Å²) in [6, 6.07) is 3.06. The summed E-state index contributed by atoms with van der Waals surface area (Å²) in [4.78, 5) is 42.2. The number of fused-ring (bicyclic) bond motifs is 3. The molecule has 1 aromatic carbocycles. The Labute approximate surface area is 195 Å². The maximum atomic E-state index is 13.8. The summed E-state index contributed by atoms with van der Waals surface area (Å²) in [5.41, 5.74) is 7.11. The van der Waals surface area contributed by atoms with Crippen LogP contribution in [0.25, 0.3) is 5.76 Å². The van der Waals surface area contributed by atoms with Crippen molar-refractivity contribution in [2.45, 2.75) is 24.1 Å². The highest BCUT2D eigenvalue weighted by molar-refractivity contribution is 6.33. The molecule has 1 aromatic rings. The SMILES string of the molecule is CN(C)c1ccc(O)c2c1C[C@H]1C[C@@H]3[C@@](O)(C(=O)C(C(N)=O)=C(O)[C@@]3(N)N(C)C)C(=O)C1=C2O. The topological polar surface area (TPSA) is 191 Å². The van der Waals surface area contributed by atoms with E-state index in [1.165, 1.54) is 25.1 Å². The molecule has 4 rings (SSSR count). The van der Waals surface area contributed by atoms with Crippen molar-refractivity contribution in [3.8, 4) is 5.75 Å². The highest BCUT2D eigenvalue weighted by Crippen LogP contribution is 2.54. The van der Waals surface area contributed by atoms with Crippen LogP contribution in [0.2, 0.25) is 0 Å². The zero-order chi connectivity index (χ0) is 25.5. The summed E-state index contributed by atoms with van der Waals surface area (Å²) in [7, 11) is 6.52. The second-order valence-corrected chi connectivity index (χ2v) is 9.54. The van der Waals surface area contributed by atoms with E-state index in [1.807, 2.05) is 0 Å². The lowest BCUT2D eigenvalue weighted by Gasteiger charge is -2.54. The number of nitrogens with zero attached hydrogens (tertiary/aromatic N) is 2. The van der Waals surface area contributed by atoms with Crippen molar-refractivity contribution in [2.75, 3.05) is 33.1 Å². The molecule has 1 fully saturated rings. The fourth-order valence-electron chi connectivity index (χ4n) is 5.68. The van der Waals surface area contributed by atoms with E-state index in [4.69, 9.17) is 11.5 Å². The summed E-state index contributed by atoms with van der Waals surface area (Å²) in [5.74, 6) is -7.54. The number of aliphatic hydroxyl groups is 3. The predicted molar refractivity (Wildman–Crippen MR) is 122 cm³/mol. The number of aliphatic hydroxyl groups excluding tert-OH is 2. The third-order valence-corrected chi connectivity index (χ3v) is 7.42. The van der Waals surface area contributed by atoms with Crippen molar-refractivity contribution in [3.63, 3.8) is 0 Å². The van der Waals surface area contributed by atoms with Gasteiger partial charge in [-0.1, -0.05) is 0 Å². The summed E-state index contributed by atoms with van der Waals surface area (Å²) in [6.07, 6.45) is 0.111. The molecule has 3 aliphatic carbocycles. The molecule has 8 N–H and O–H groups in total. The largest absolute Gasteiger partial charge is 0.508 e. The molecule has 11 heteroatoms. The predicted octanol–water partition coefficient (Wildman–Crippen LogP) is -0.684. The van der Waals surface area contributed by atoms with Crippen molar-refractivity contribution >= 4 is 28.9 Å². The van der Waals surface area contributed by atoms with Gasteiger partial charge in [-0.05, 0) is 50.6 Å². The number of phenols is 1. The van der Waals surface area contributed by atoms with Gasteiger partial charge in [-0.15, -0.1) is 0 Å². The highest BCUT2D eigenvalue weighted by atomic mass is 16.3. The number of anilines is 1. The highest BCUT2D eigenvalue weighted by Gasteiger charge is 2.69. The molecular formula is C23H28N4O7. The Morgan fingerprint density at radius 3 is 2.24 bits per heavy atom. The number of primary amides is 1. The maximum Gasteiger partial charge on any atom is 0.256 e. The van der Waals surface area contributed by atoms with Gasteiger partial charge in [0, 0.05) is 31.3 Å². The first kappa shape index (κ1) is 23.7. The van der Waals surface area contributed by atoms with Crippen LogP contribution < -0.4 is 16.4 Å². The Bertz CT molecular complexity index is 1220. The van der Waals surface area contributed by atoms with E-state index in [0.29, 0.717) is 11.3 Å². The van der Waals surface area contributed by atoms with Gasteiger partial charge in [0.15, 0.2) is 5.60 Å². The summed E-state index contributed by atoms with van der Waals surface area (Å²) < 4.78 is 0. The molecule has 0 heterocycles. The van der Waals surface area contributed by atoms with Crippen molar-refractivity contribution in [1.29, 1.82) is 0 Å². The quantitative estimate of drug-likeness (QED) is 0.187. The third kappa shape index (κ3) is 2.71. The Morgan fingerprint density at radius 2 is 1.71 bits per heavy atom. The summed E-state index contributed by atoms with van der Waals surface area (Å²) in [5, 5.41) is 44.1. The monoisotopic (exact) mass is 472 g/mol. The van der Waals surface area contributed by atoms with Gasteiger partial charge in [-0.25, -0.2) is 0 Å². The van der Waals surface area contributed by atoms with E-state index in [9.17, 15) is 34.8 Å². The minimum absolute atomic E-state index is 0.0382. The number of rotatable bonds is 3. The number of Topliss-reactive ketones (excluding diaryl/α,β-unsaturated/α-hetero) is 2. The molecule has 0 aliphatic heterocycles. The number of aromatic hydroxyl groups is 1. The Hall–Kier alpha value is -3.41. The molecule has 1 saturated carbocycles. The van der Waals surface area contributed by atoms with Crippen LogP contribution in [0.1, 0.15) is 17.5 Å². The fourth-order valence-corrected chi connectivity index (χ4v) is 5.68. The first-order chi connectivity index (χ1) is 15.7. The molecule has 0 radical (unpaired) electrons. The average molecular weight is 472 g/mol. The minimum atomic E-state index is -2.86. The zero-order valence-corrected chi connectivity index (χ0v) is 19.3. The number of nitrogens with two attached hydrogens (primary N) is 2. The van der Waals surface area contributed by atoms with Crippen molar-refractivity contribution in [3.05, 3.63) is 40.2 Å². The summed E-state index contributed by atoms with van der Waals surface area (Å²) >= 11 is 0. The average Bonchev–Trinajstić information content (AvgIpc) is 2.73. The molecule has 4 atom stereocenters. The van der Waals surface area contributed by atoms with Gasteiger partial charge < -0.3 is 36.8 Å². The molecule has 0 saturated heterocycles. The normalized spacial score (nSPS) is 30.8. The number of phenolic OH excluding ortho intramolecular Hbond substituents is 1. The second-order valence-electron chi connectivity index (χ2n) is 9.54. The molecule has 11 nitrogen and oxygen atoms in total. The van der Waals surface area contributed by atoms with Crippen LogP contribution in [-0.2, 0) is 20.8 Å². The first-order valence-electron chi connectivity index (χ1n) is 10.7. The Morgan fingerprint density at radius 1 is 1.09 bits per heavy atom. The number of hydrogen-bond donors (Lipinski definition) is 6. The lowest BCUT2D eigenvalue weighted by atomic mass is 9.55. The number of hydrogen-bond acceptors (Lipinski definition) is 10. The van der Waals surface area contributed by atoms with Crippen molar-refractivity contribution in [1.82, 2.24) is 4.90 Å². The number of likely N-dealkylation sites (N-methyl/N-ethyl adjacent to an activating group) is 1. The molecule has 0 bridgehead atoms. The Kier molecular flexibility index (Phi) is 5.09. The van der Waals surface area contributed by atoms with Crippen LogP contribution in [-0.4, -0.2) is 82.3 Å². The zero-order valence-electron chi connectivity index (χ0n) is 19.3. The van der Waals surface area contributed by atoms with Crippen molar-refractivity contribution in [2.24, 2.45) is 23.3 Å². The van der Waals surface area contributed by atoms with Gasteiger partial charge >= 0.3 is 0 Å². The fraction of sp³-hybridized carbons (Fsp3) is 0.435. The van der Waals surface area contributed by atoms with Gasteiger partial charge in [-0.2, -0.15) is 0 Å². The van der Waals surface area contributed by atoms with E-state index < -0.39 is 57.7 Å². The van der Waals surface area contributed by atoms with Crippen LogP contribution in [0, 0.1) is 11.8 Å². The standard InChI is InChI=1S/C23H28N4O7/c1-26(2)11-5-6-12(28)15-10(11)7-9-8-13-22(34,18(30)14(9)17(15)29)19(31)16(21(24)33)20(32)23(13,25)27(3)4/h5-6,9,13,28-29,32,34H,7-8,25H2,1-4H3,(H2,24,33)/t9-,13+,22-,23-/m0/s1. The van der Waals surface area contributed by atoms with Crippen LogP contribution in [0.5, 0.6) is 5.75 Å². The van der Waals surface area contributed by atoms with Gasteiger partial charge in [0.1, 0.15) is 28.5 Å². The molecule has 0 spiro atoms. The maximum absolute atomic E-state index is 13.8.